The maximum Gasteiger partial charge on any atom is 0.226 e. The molecule has 1 atom stereocenters. The van der Waals surface area contributed by atoms with Crippen LogP contribution in [0, 0.1) is 0 Å². The smallest absolute Gasteiger partial charge is 0.226 e. The van der Waals surface area contributed by atoms with Crippen LogP contribution in [0.25, 0.3) is 0 Å². The van der Waals surface area contributed by atoms with E-state index in [4.69, 9.17) is 0 Å². The number of carbonyl (C=O) groups is 1. The van der Waals surface area contributed by atoms with Gasteiger partial charge in [0.05, 0.1) is 0 Å². The number of carbonyl (C=O) groups excluding carboxylic acids is 1. The predicted molar refractivity (Wildman–Crippen MR) is 74.7 cm³/mol. The van der Waals surface area contributed by atoms with Gasteiger partial charge in [-0.15, -0.1) is 0 Å². The molecule has 0 aliphatic carbocycles. The molecule has 1 heterocycles. The van der Waals surface area contributed by atoms with Crippen molar-refractivity contribution in [2.45, 2.75) is 39.2 Å². The van der Waals surface area contributed by atoms with Crippen molar-refractivity contribution in [1.82, 2.24) is 5.32 Å². The van der Waals surface area contributed by atoms with Crippen molar-refractivity contribution < 1.29 is 4.79 Å². The Morgan fingerprint density at radius 3 is 2.83 bits per heavy atom. The molecule has 1 amide bonds. The van der Waals surface area contributed by atoms with Crippen LogP contribution in [0.2, 0.25) is 0 Å². The lowest BCUT2D eigenvalue weighted by atomic mass is 10.0. The number of amides is 1. The van der Waals surface area contributed by atoms with Crippen LogP contribution in [0.1, 0.15) is 44.7 Å². The molecule has 0 saturated carbocycles. The minimum atomic E-state index is 0.261. The van der Waals surface area contributed by atoms with E-state index in [9.17, 15) is 4.79 Å². The number of hydrogen-bond donors (Lipinski definition) is 1. The predicted octanol–water partition coefficient (Wildman–Crippen LogP) is 2.87. The number of hydrogen-bond acceptors (Lipinski definition) is 2. The van der Waals surface area contributed by atoms with E-state index in [1.165, 1.54) is 5.56 Å². The Labute approximate surface area is 109 Å². The topological polar surface area (TPSA) is 32.3 Å². The Bertz CT molecular complexity index is 417. The first-order chi connectivity index (χ1) is 8.74. The van der Waals surface area contributed by atoms with Crippen LogP contribution in [-0.4, -0.2) is 19.0 Å². The molecule has 1 aliphatic heterocycles. The van der Waals surface area contributed by atoms with Gasteiger partial charge in [-0.05, 0) is 37.9 Å². The van der Waals surface area contributed by atoms with Crippen molar-refractivity contribution in [1.29, 1.82) is 0 Å². The molecular weight excluding hydrogens is 224 g/mol. The highest BCUT2D eigenvalue weighted by atomic mass is 16.2. The molecule has 0 spiro atoms. The highest BCUT2D eigenvalue weighted by Crippen LogP contribution is 2.28. The monoisotopic (exact) mass is 246 g/mol. The van der Waals surface area contributed by atoms with E-state index in [0.29, 0.717) is 6.42 Å². The van der Waals surface area contributed by atoms with Crippen LogP contribution < -0.4 is 10.2 Å². The average Bonchev–Trinajstić information content (AvgIpc) is 2.40. The molecule has 98 valence electrons. The fraction of sp³-hybridized carbons (Fsp3) is 0.533. The second kappa shape index (κ2) is 6.01. The van der Waals surface area contributed by atoms with Gasteiger partial charge < -0.3 is 10.2 Å². The summed E-state index contributed by atoms with van der Waals surface area (Å²) >= 11 is 0. The zero-order valence-corrected chi connectivity index (χ0v) is 11.3. The summed E-state index contributed by atoms with van der Waals surface area (Å²) in [6.07, 6.45) is 2.82. The lowest BCUT2D eigenvalue weighted by Gasteiger charge is -2.30. The first-order valence-electron chi connectivity index (χ1n) is 6.86. The van der Waals surface area contributed by atoms with Gasteiger partial charge in [0.15, 0.2) is 0 Å². The summed E-state index contributed by atoms with van der Waals surface area (Å²) in [6, 6.07) is 8.51. The highest BCUT2D eigenvalue weighted by molar-refractivity contribution is 5.94. The van der Waals surface area contributed by atoms with Gasteiger partial charge in [-0.25, -0.2) is 0 Å². The van der Waals surface area contributed by atoms with Crippen LogP contribution in [0.3, 0.4) is 0 Å². The number of nitrogens with zero attached hydrogens (tertiary/aromatic N) is 1. The van der Waals surface area contributed by atoms with Gasteiger partial charge in [0.1, 0.15) is 0 Å². The van der Waals surface area contributed by atoms with Crippen molar-refractivity contribution >= 4 is 11.6 Å². The van der Waals surface area contributed by atoms with Crippen molar-refractivity contribution in [2.24, 2.45) is 0 Å². The largest absolute Gasteiger partial charge is 0.312 e. The molecule has 1 fully saturated rings. The zero-order chi connectivity index (χ0) is 13.0. The summed E-state index contributed by atoms with van der Waals surface area (Å²) in [4.78, 5) is 14.0. The molecule has 1 N–H and O–H groups in total. The SMILES string of the molecule is CCNC(C)c1ccccc1N1CCCCC1=O. The Morgan fingerprint density at radius 2 is 2.11 bits per heavy atom. The second-order valence-corrected chi connectivity index (χ2v) is 4.84. The molecule has 0 radical (unpaired) electrons. The maximum absolute atomic E-state index is 12.0. The quantitative estimate of drug-likeness (QED) is 0.886. The first-order valence-corrected chi connectivity index (χ1v) is 6.86. The molecule has 1 saturated heterocycles. The average molecular weight is 246 g/mol. The van der Waals surface area contributed by atoms with E-state index in [1.54, 1.807) is 0 Å². The van der Waals surface area contributed by atoms with Crippen LogP contribution in [0.4, 0.5) is 5.69 Å². The molecule has 3 nitrogen and oxygen atoms in total. The Balaban J connectivity index is 2.28. The van der Waals surface area contributed by atoms with Gasteiger partial charge in [0.2, 0.25) is 5.91 Å². The Kier molecular flexibility index (Phi) is 4.37. The minimum absolute atomic E-state index is 0.261. The van der Waals surface area contributed by atoms with Crippen LogP contribution >= 0.6 is 0 Å². The lowest BCUT2D eigenvalue weighted by molar-refractivity contribution is -0.119. The Morgan fingerprint density at radius 1 is 1.33 bits per heavy atom. The minimum Gasteiger partial charge on any atom is -0.312 e. The molecule has 1 aromatic carbocycles. The summed E-state index contributed by atoms with van der Waals surface area (Å²) in [6.45, 7) is 6.04. The van der Waals surface area contributed by atoms with Gasteiger partial charge in [0.25, 0.3) is 0 Å². The molecule has 1 aliphatic rings. The summed E-state index contributed by atoms with van der Waals surface area (Å²) < 4.78 is 0. The van der Waals surface area contributed by atoms with E-state index in [-0.39, 0.29) is 11.9 Å². The Hall–Kier alpha value is -1.35. The van der Waals surface area contributed by atoms with Crippen molar-refractivity contribution in [3.8, 4) is 0 Å². The van der Waals surface area contributed by atoms with E-state index >= 15 is 0 Å². The fourth-order valence-electron chi connectivity index (χ4n) is 2.58. The fourth-order valence-corrected chi connectivity index (χ4v) is 2.58. The molecule has 0 aromatic heterocycles. The van der Waals surface area contributed by atoms with Gasteiger partial charge >= 0.3 is 0 Å². The van der Waals surface area contributed by atoms with E-state index in [2.05, 4.69) is 31.3 Å². The summed E-state index contributed by atoms with van der Waals surface area (Å²) in [5.74, 6) is 0.261. The molecule has 18 heavy (non-hydrogen) atoms. The standard InChI is InChI=1S/C15H22N2O/c1-3-16-12(2)13-8-4-5-9-14(13)17-11-7-6-10-15(17)18/h4-5,8-9,12,16H,3,6-7,10-11H2,1-2H3. The number of rotatable bonds is 4. The van der Waals surface area contributed by atoms with E-state index in [1.807, 2.05) is 17.0 Å². The van der Waals surface area contributed by atoms with Crippen molar-refractivity contribution in [2.75, 3.05) is 18.0 Å². The first kappa shape index (κ1) is 13.1. The number of piperidine rings is 1. The molecule has 3 heteroatoms. The van der Waals surface area contributed by atoms with E-state index in [0.717, 1.165) is 31.6 Å². The molecule has 1 aromatic rings. The number of anilines is 1. The van der Waals surface area contributed by atoms with Gasteiger partial charge in [-0.1, -0.05) is 25.1 Å². The third-order valence-electron chi connectivity index (χ3n) is 3.53. The van der Waals surface area contributed by atoms with Crippen LogP contribution in [0.15, 0.2) is 24.3 Å². The second-order valence-electron chi connectivity index (χ2n) is 4.84. The summed E-state index contributed by atoms with van der Waals surface area (Å²) in [5, 5.41) is 3.42. The normalized spacial score (nSPS) is 17.9. The molecule has 2 rings (SSSR count). The molecule has 0 bridgehead atoms. The van der Waals surface area contributed by atoms with Crippen LogP contribution in [-0.2, 0) is 4.79 Å². The van der Waals surface area contributed by atoms with E-state index < -0.39 is 0 Å². The zero-order valence-electron chi connectivity index (χ0n) is 11.3. The molecular formula is C15H22N2O. The third-order valence-corrected chi connectivity index (χ3v) is 3.53. The maximum atomic E-state index is 12.0. The summed E-state index contributed by atoms with van der Waals surface area (Å²) in [7, 11) is 0. The van der Waals surface area contributed by atoms with Gasteiger partial charge in [0, 0.05) is 24.7 Å². The number of nitrogens with one attached hydrogen (secondary N) is 1. The van der Waals surface area contributed by atoms with Gasteiger partial charge in [-0.3, -0.25) is 4.79 Å². The lowest BCUT2D eigenvalue weighted by Crippen LogP contribution is -2.36. The third kappa shape index (κ3) is 2.72. The van der Waals surface area contributed by atoms with Crippen LogP contribution in [0.5, 0.6) is 0 Å². The number of para-hydroxylation sites is 1. The van der Waals surface area contributed by atoms with Gasteiger partial charge in [-0.2, -0.15) is 0 Å². The molecule has 1 unspecified atom stereocenters. The van der Waals surface area contributed by atoms with Crippen molar-refractivity contribution in [3.63, 3.8) is 0 Å². The van der Waals surface area contributed by atoms with Crippen molar-refractivity contribution in [3.05, 3.63) is 29.8 Å². The summed E-state index contributed by atoms with van der Waals surface area (Å²) in [5.41, 5.74) is 2.30. The number of benzene rings is 1. The highest BCUT2D eigenvalue weighted by Gasteiger charge is 2.22.